The summed E-state index contributed by atoms with van der Waals surface area (Å²) in [6.07, 6.45) is 8.78. The summed E-state index contributed by atoms with van der Waals surface area (Å²) in [6, 6.07) is 16.8. The highest BCUT2D eigenvalue weighted by molar-refractivity contribution is 5.90. The summed E-state index contributed by atoms with van der Waals surface area (Å²) in [6.45, 7) is 6.12. The highest BCUT2D eigenvalue weighted by Crippen LogP contribution is 2.62. The standard InChI is InChI=1S/C31H40N4O2/c1-3-7-23-17-27(20-29(18-23)37-2)33-30(36)35(15-14-34-12-4-5-13-34)28-10-11-31(21-26(31)19-28)25-9-6-8-24(16-25)22-32/h6,8-9,16-18,20,26,28H,3-5,7,10-15,19,21H2,1-2H3,(H,33,36)/t26?,28-,31?/m1/s1. The number of rotatable bonds is 9. The molecule has 1 heterocycles. The average molecular weight is 501 g/mol. The van der Waals surface area contributed by atoms with E-state index >= 15 is 0 Å². The van der Waals surface area contributed by atoms with Gasteiger partial charge in [0.15, 0.2) is 0 Å². The fourth-order valence-electron chi connectivity index (χ4n) is 6.73. The number of nitrogens with zero attached hydrogens (tertiary/aromatic N) is 3. The molecule has 2 aliphatic carbocycles. The number of anilines is 1. The number of fused-ring (bicyclic) bond motifs is 1. The number of benzene rings is 2. The Labute approximate surface area is 221 Å². The number of amides is 2. The van der Waals surface area contributed by atoms with Crippen molar-refractivity contribution in [2.45, 2.75) is 69.7 Å². The molecule has 196 valence electrons. The summed E-state index contributed by atoms with van der Waals surface area (Å²) in [7, 11) is 1.68. The molecular weight excluding hydrogens is 460 g/mol. The smallest absolute Gasteiger partial charge is 0.322 e. The van der Waals surface area contributed by atoms with Crippen molar-refractivity contribution in [3.63, 3.8) is 0 Å². The molecule has 2 aromatic carbocycles. The molecule has 3 aliphatic rings. The van der Waals surface area contributed by atoms with E-state index in [1.54, 1.807) is 7.11 Å². The quantitative estimate of drug-likeness (QED) is 0.461. The molecule has 0 bridgehead atoms. The molecule has 0 spiro atoms. The van der Waals surface area contributed by atoms with Crippen molar-refractivity contribution in [2.75, 3.05) is 38.6 Å². The molecule has 1 N–H and O–H groups in total. The summed E-state index contributed by atoms with van der Waals surface area (Å²) in [5, 5.41) is 12.6. The molecule has 3 atom stereocenters. The summed E-state index contributed by atoms with van der Waals surface area (Å²) in [5.41, 5.74) is 4.24. The first-order valence-electron chi connectivity index (χ1n) is 14.0. The molecule has 2 amide bonds. The van der Waals surface area contributed by atoms with Gasteiger partial charge in [0.25, 0.3) is 0 Å². The number of hydrogen-bond donors (Lipinski definition) is 1. The molecule has 2 aromatic rings. The summed E-state index contributed by atoms with van der Waals surface area (Å²) in [5.74, 6) is 1.36. The van der Waals surface area contributed by atoms with E-state index in [-0.39, 0.29) is 17.5 Å². The van der Waals surface area contributed by atoms with E-state index in [0.29, 0.717) is 5.92 Å². The average Bonchev–Trinajstić information content (AvgIpc) is 3.43. The third-order valence-corrected chi connectivity index (χ3v) is 8.83. The van der Waals surface area contributed by atoms with Crippen LogP contribution in [0.3, 0.4) is 0 Å². The second kappa shape index (κ2) is 11.1. The fraction of sp³-hybridized carbons (Fsp3) is 0.548. The number of hydrogen-bond acceptors (Lipinski definition) is 4. The van der Waals surface area contributed by atoms with E-state index in [2.05, 4.69) is 52.4 Å². The zero-order chi connectivity index (χ0) is 25.8. The van der Waals surface area contributed by atoms with Crippen molar-refractivity contribution in [2.24, 2.45) is 5.92 Å². The number of methoxy groups -OCH3 is 1. The zero-order valence-electron chi connectivity index (χ0n) is 22.3. The van der Waals surface area contributed by atoms with E-state index in [1.165, 1.54) is 24.0 Å². The van der Waals surface area contributed by atoms with Gasteiger partial charge in [0.1, 0.15) is 5.75 Å². The first-order valence-corrected chi connectivity index (χ1v) is 14.0. The van der Waals surface area contributed by atoms with Crippen molar-refractivity contribution in [3.05, 3.63) is 59.2 Å². The summed E-state index contributed by atoms with van der Waals surface area (Å²) < 4.78 is 5.51. The number of carbonyl (C=O) groups is 1. The molecular formula is C31H40N4O2. The lowest BCUT2D eigenvalue weighted by molar-refractivity contribution is 0.149. The molecule has 6 nitrogen and oxygen atoms in total. The summed E-state index contributed by atoms with van der Waals surface area (Å²) in [4.78, 5) is 18.4. The van der Waals surface area contributed by atoms with Gasteiger partial charge in [-0.05, 0) is 105 Å². The Morgan fingerprint density at radius 1 is 1.24 bits per heavy atom. The number of ether oxygens (including phenoxy) is 1. The van der Waals surface area contributed by atoms with E-state index in [1.807, 2.05) is 18.2 Å². The van der Waals surface area contributed by atoms with Crippen molar-refractivity contribution >= 4 is 11.7 Å². The van der Waals surface area contributed by atoms with E-state index in [4.69, 9.17) is 4.74 Å². The lowest BCUT2D eigenvalue weighted by atomic mass is 9.80. The van der Waals surface area contributed by atoms with Gasteiger partial charge in [-0.1, -0.05) is 25.5 Å². The Kier molecular flexibility index (Phi) is 7.71. The van der Waals surface area contributed by atoms with Crippen LogP contribution in [0.25, 0.3) is 0 Å². The van der Waals surface area contributed by atoms with Gasteiger partial charge in [0, 0.05) is 30.9 Å². The van der Waals surface area contributed by atoms with E-state index in [9.17, 15) is 10.1 Å². The highest BCUT2D eigenvalue weighted by atomic mass is 16.5. The number of nitriles is 1. The first kappa shape index (κ1) is 25.6. The fourth-order valence-corrected chi connectivity index (χ4v) is 6.73. The van der Waals surface area contributed by atoms with Gasteiger partial charge < -0.3 is 19.9 Å². The van der Waals surface area contributed by atoms with E-state index < -0.39 is 0 Å². The van der Waals surface area contributed by atoms with Crippen molar-refractivity contribution in [3.8, 4) is 11.8 Å². The molecule has 0 aromatic heterocycles. The van der Waals surface area contributed by atoms with Crippen LogP contribution in [-0.4, -0.2) is 55.2 Å². The molecule has 5 rings (SSSR count). The zero-order valence-corrected chi connectivity index (χ0v) is 22.3. The van der Waals surface area contributed by atoms with Crippen LogP contribution >= 0.6 is 0 Å². The van der Waals surface area contributed by atoms with Crippen molar-refractivity contribution < 1.29 is 9.53 Å². The molecule has 0 radical (unpaired) electrons. The lowest BCUT2D eigenvalue weighted by Crippen LogP contribution is -2.48. The third kappa shape index (κ3) is 5.62. The van der Waals surface area contributed by atoms with Gasteiger partial charge in [-0.15, -0.1) is 0 Å². The van der Waals surface area contributed by atoms with Crippen LogP contribution in [0.2, 0.25) is 0 Å². The van der Waals surface area contributed by atoms with Crippen molar-refractivity contribution in [1.82, 2.24) is 9.80 Å². The highest BCUT2D eigenvalue weighted by Gasteiger charge is 2.58. The monoisotopic (exact) mass is 500 g/mol. The number of nitrogens with one attached hydrogen (secondary N) is 1. The number of urea groups is 1. The van der Waals surface area contributed by atoms with Gasteiger partial charge in [0.2, 0.25) is 0 Å². The van der Waals surface area contributed by atoms with Crippen molar-refractivity contribution in [1.29, 1.82) is 5.26 Å². The van der Waals surface area contributed by atoms with Crippen LogP contribution in [0.5, 0.6) is 5.75 Å². The minimum atomic E-state index is -0.000439. The van der Waals surface area contributed by atoms with Crippen LogP contribution < -0.4 is 10.1 Å². The number of carbonyl (C=O) groups excluding carboxylic acids is 1. The number of aryl methyl sites for hydroxylation is 1. The Morgan fingerprint density at radius 2 is 2.08 bits per heavy atom. The third-order valence-electron chi connectivity index (χ3n) is 8.83. The lowest BCUT2D eigenvalue weighted by Gasteiger charge is -2.37. The predicted molar refractivity (Wildman–Crippen MR) is 147 cm³/mol. The van der Waals surface area contributed by atoms with Gasteiger partial charge in [-0.25, -0.2) is 4.79 Å². The number of likely N-dealkylation sites (tertiary alicyclic amines) is 1. The minimum Gasteiger partial charge on any atom is -0.497 e. The van der Waals surface area contributed by atoms with Crippen LogP contribution in [0.15, 0.2) is 42.5 Å². The maximum absolute atomic E-state index is 13.8. The van der Waals surface area contributed by atoms with Crippen LogP contribution in [0.4, 0.5) is 10.5 Å². The second-order valence-electron chi connectivity index (χ2n) is 11.2. The summed E-state index contributed by atoms with van der Waals surface area (Å²) >= 11 is 0. The van der Waals surface area contributed by atoms with Crippen LogP contribution in [0, 0.1) is 17.2 Å². The van der Waals surface area contributed by atoms with E-state index in [0.717, 1.165) is 81.7 Å². The molecule has 37 heavy (non-hydrogen) atoms. The van der Waals surface area contributed by atoms with Crippen LogP contribution in [0.1, 0.15) is 68.6 Å². The van der Waals surface area contributed by atoms with Gasteiger partial charge in [0.05, 0.1) is 18.7 Å². The Morgan fingerprint density at radius 3 is 2.81 bits per heavy atom. The minimum absolute atomic E-state index is 0.000439. The molecule has 3 fully saturated rings. The molecule has 6 heteroatoms. The normalized spacial score (nSPS) is 24.7. The molecule has 1 saturated heterocycles. The Balaban J connectivity index is 1.31. The molecule has 2 unspecified atom stereocenters. The van der Waals surface area contributed by atoms with Gasteiger partial charge in [-0.2, -0.15) is 5.26 Å². The van der Waals surface area contributed by atoms with Crippen LogP contribution in [-0.2, 0) is 11.8 Å². The topological polar surface area (TPSA) is 68.6 Å². The van der Waals surface area contributed by atoms with Gasteiger partial charge in [-0.3, -0.25) is 0 Å². The maximum atomic E-state index is 13.8. The largest absolute Gasteiger partial charge is 0.497 e. The second-order valence-corrected chi connectivity index (χ2v) is 11.2. The molecule has 1 aliphatic heterocycles. The Bertz CT molecular complexity index is 1150. The van der Waals surface area contributed by atoms with Gasteiger partial charge >= 0.3 is 6.03 Å². The maximum Gasteiger partial charge on any atom is 0.322 e. The SMILES string of the molecule is CCCc1cc(NC(=O)N(CCN2CCCC2)[C@@H]2CCC3(c4cccc(C#N)c4)CC3C2)cc(OC)c1. The molecule has 2 saturated carbocycles. The predicted octanol–water partition coefficient (Wildman–Crippen LogP) is 5.96. The first-order chi connectivity index (χ1) is 18.0. The Hall–Kier alpha value is -3.04.